The smallest absolute Gasteiger partial charge is 0.333 e. The Labute approximate surface area is 207 Å². The van der Waals surface area contributed by atoms with Gasteiger partial charge in [-0.25, -0.2) is 9.48 Å². The summed E-state index contributed by atoms with van der Waals surface area (Å²) in [5, 5.41) is 8.11. The van der Waals surface area contributed by atoms with Crippen molar-refractivity contribution in [2.75, 3.05) is 4.43 Å². The molecule has 12 heteroatoms. The summed E-state index contributed by atoms with van der Waals surface area (Å²) in [6, 6.07) is 9.65. The minimum absolute atomic E-state index is 0.233. The summed E-state index contributed by atoms with van der Waals surface area (Å²) in [7, 11) is 0. The van der Waals surface area contributed by atoms with Crippen LogP contribution in [0.3, 0.4) is 0 Å². The van der Waals surface area contributed by atoms with E-state index in [0.717, 1.165) is 20.9 Å². The molecule has 0 amide bonds. The lowest BCUT2D eigenvalue weighted by molar-refractivity contribution is -0.194. The molecule has 0 saturated carbocycles. The highest BCUT2D eigenvalue weighted by molar-refractivity contribution is 14.1. The van der Waals surface area contributed by atoms with Crippen molar-refractivity contribution in [3.63, 3.8) is 0 Å². The van der Waals surface area contributed by atoms with E-state index in [9.17, 15) is 14.0 Å². The molecular formula is C22H23FIN5O5. The van der Waals surface area contributed by atoms with Gasteiger partial charge in [-0.2, -0.15) is 4.39 Å². The Morgan fingerprint density at radius 3 is 2.56 bits per heavy atom. The van der Waals surface area contributed by atoms with Crippen molar-refractivity contribution in [2.45, 2.75) is 57.3 Å². The van der Waals surface area contributed by atoms with Crippen LogP contribution >= 0.6 is 22.6 Å². The summed E-state index contributed by atoms with van der Waals surface area (Å²) in [6.07, 6.45) is 0.187. The number of hydrogen-bond acceptors (Lipinski definition) is 7. The van der Waals surface area contributed by atoms with Gasteiger partial charge in [0, 0.05) is 4.43 Å². The standard InChI is InChI=1S/C22H23FIN5O5/c1-22(2)33-17-16(8-24)32-20(18(17)34-22)29-12-15(23)19(30)28(21(29)31)11-14-10-27(26-25-14)9-13-6-4-3-5-7-13/h3-7,10,12,16-18,20H,8-9,11H2,1-2H3. The van der Waals surface area contributed by atoms with Crippen molar-refractivity contribution in [2.24, 2.45) is 0 Å². The van der Waals surface area contributed by atoms with Gasteiger partial charge in [-0.05, 0) is 19.4 Å². The Morgan fingerprint density at radius 2 is 1.82 bits per heavy atom. The lowest BCUT2D eigenvalue weighted by atomic mass is 10.1. The predicted molar refractivity (Wildman–Crippen MR) is 126 cm³/mol. The normalized spacial score (nSPS) is 25.5. The van der Waals surface area contributed by atoms with Crippen molar-refractivity contribution in [1.82, 2.24) is 24.1 Å². The molecule has 2 aliphatic heterocycles. The monoisotopic (exact) mass is 583 g/mol. The van der Waals surface area contributed by atoms with E-state index in [4.69, 9.17) is 14.2 Å². The van der Waals surface area contributed by atoms with Crippen LogP contribution in [0, 0.1) is 5.82 Å². The van der Waals surface area contributed by atoms with Crippen LogP contribution in [0.5, 0.6) is 0 Å². The molecule has 5 rings (SSSR count). The fourth-order valence-electron chi connectivity index (χ4n) is 4.34. The van der Waals surface area contributed by atoms with Crippen molar-refractivity contribution >= 4 is 22.6 Å². The number of benzene rings is 1. The van der Waals surface area contributed by atoms with Gasteiger partial charge in [0.25, 0.3) is 5.56 Å². The van der Waals surface area contributed by atoms with Gasteiger partial charge in [-0.1, -0.05) is 58.1 Å². The third-order valence-electron chi connectivity index (χ3n) is 5.80. The molecule has 0 N–H and O–H groups in total. The molecule has 4 unspecified atom stereocenters. The van der Waals surface area contributed by atoms with Gasteiger partial charge in [0.05, 0.1) is 31.6 Å². The third-order valence-corrected chi connectivity index (χ3v) is 6.67. The number of rotatable bonds is 6. The summed E-state index contributed by atoms with van der Waals surface area (Å²) < 4.78 is 36.6. The van der Waals surface area contributed by atoms with Gasteiger partial charge in [-0.15, -0.1) is 5.10 Å². The van der Waals surface area contributed by atoms with E-state index in [-0.39, 0.29) is 12.6 Å². The van der Waals surface area contributed by atoms with E-state index in [0.29, 0.717) is 16.7 Å². The van der Waals surface area contributed by atoms with E-state index in [1.807, 2.05) is 30.3 Å². The highest BCUT2D eigenvalue weighted by Crippen LogP contribution is 2.43. The molecule has 3 aromatic rings. The summed E-state index contributed by atoms with van der Waals surface area (Å²) in [4.78, 5) is 25.8. The molecule has 0 bridgehead atoms. The molecular weight excluding hydrogens is 560 g/mol. The van der Waals surface area contributed by atoms with Crippen LogP contribution < -0.4 is 11.2 Å². The van der Waals surface area contributed by atoms with Crippen molar-refractivity contribution in [1.29, 1.82) is 0 Å². The molecule has 2 aromatic heterocycles. The molecule has 4 atom stereocenters. The zero-order valence-corrected chi connectivity index (χ0v) is 20.7. The topological polar surface area (TPSA) is 102 Å². The van der Waals surface area contributed by atoms with Crippen LogP contribution in [-0.4, -0.2) is 52.7 Å². The largest absolute Gasteiger partial charge is 0.348 e. The lowest BCUT2D eigenvalue weighted by Crippen LogP contribution is -2.45. The van der Waals surface area contributed by atoms with Crippen LogP contribution in [-0.2, 0) is 27.3 Å². The average Bonchev–Trinajstić information content (AvgIpc) is 3.47. The zero-order chi connectivity index (χ0) is 24.0. The van der Waals surface area contributed by atoms with E-state index >= 15 is 0 Å². The summed E-state index contributed by atoms with van der Waals surface area (Å²) in [6.45, 7) is 3.79. The second kappa shape index (κ2) is 8.98. The number of nitrogens with zero attached hydrogens (tertiary/aromatic N) is 5. The maximum Gasteiger partial charge on any atom is 0.333 e. The number of alkyl halides is 1. The second-order valence-corrected chi connectivity index (χ2v) is 9.62. The number of halogens is 2. The first-order chi connectivity index (χ1) is 16.3. The zero-order valence-electron chi connectivity index (χ0n) is 18.5. The Hall–Kier alpha value is -2.42. The van der Waals surface area contributed by atoms with E-state index in [1.54, 1.807) is 24.7 Å². The van der Waals surface area contributed by atoms with Gasteiger partial charge >= 0.3 is 5.69 Å². The van der Waals surface area contributed by atoms with Gasteiger partial charge in [0.2, 0.25) is 5.82 Å². The van der Waals surface area contributed by atoms with E-state index in [1.165, 1.54) is 0 Å². The molecule has 0 radical (unpaired) electrons. The summed E-state index contributed by atoms with van der Waals surface area (Å²) in [5.74, 6) is -1.94. The molecule has 2 saturated heterocycles. The van der Waals surface area contributed by atoms with Crippen LogP contribution in [0.4, 0.5) is 4.39 Å². The fourth-order valence-corrected chi connectivity index (χ4v) is 5.05. The van der Waals surface area contributed by atoms with Crippen molar-refractivity contribution in [3.05, 3.63) is 80.6 Å². The first kappa shape index (κ1) is 23.3. The van der Waals surface area contributed by atoms with Crippen LogP contribution in [0.2, 0.25) is 0 Å². The highest BCUT2D eigenvalue weighted by atomic mass is 127. The van der Waals surface area contributed by atoms with Crippen molar-refractivity contribution < 1.29 is 18.6 Å². The minimum Gasteiger partial charge on any atom is -0.348 e. The van der Waals surface area contributed by atoms with Crippen LogP contribution in [0.25, 0.3) is 0 Å². The molecule has 34 heavy (non-hydrogen) atoms. The minimum atomic E-state index is -1.08. The Morgan fingerprint density at radius 1 is 1.09 bits per heavy atom. The highest BCUT2D eigenvalue weighted by Gasteiger charge is 2.55. The van der Waals surface area contributed by atoms with E-state index < -0.39 is 41.3 Å². The van der Waals surface area contributed by atoms with E-state index in [2.05, 4.69) is 32.9 Å². The van der Waals surface area contributed by atoms with Crippen LogP contribution in [0.1, 0.15) is 31.3 Å². The molecule has 0 spiro atoms. The first-order valence-corrected chi connectivity index (χ1v) is 12.3. The summed E-state index contributed by atoms with van der Waals surface area (Å²) in [5.41, 5.74) is -0.397. The second-order valence-electron chi connectivity index (χ2n) is 8.74. The van der Waals surface area contributed by atoms with Gasteiger partial charge < -0.3 is 14.2 Å². The Balaban J connectivity index is 1.45. The summed E-state index contributed by atoms with van der Waals surface area (Å²) >= 11 is 2.16. The molecule has 4 heterocycles. The lowest BCUT2D eigenvalue weighted by Gasteiger charge is -2.24. The van der Waals surface area contributed by atoms with Gasteiger partial charge in [-0.3, -0.25) is 13.9 Å². The maximum atomic E-state index is 14.7. The number of hydrogen-bond donors (Lipinski definition) is 0. The molecule has 2 aliphatic rings. The number of ether oxygens (including phenoxy) is 3. The number of aromatic nitrogens is 5. The molecule has 2 fully saturated rings. The molecule has 0 aliphatic carbocycles. The average molecular weight is 583 g/mol. The first-order valence-electron chi connectivity index (χ1n) is 10.8. The SMILES string of the molecule is CC1(C)OC2C(CI)OC(n3cc(F)c(=O)n(Cc4cn(Cc5ccccc5)nn4)c3=O)C2O1. The quantitative estimate of drug-likeness (QED) is 0.322. The fraction of sp³-hybridized carbons (Fsp3) is 0.455. The Bertz CT molecular complexity index is 1310. The van der Waals surface area contributed by atoms with Gasteiger partial charge in [0.1, 0.15) is 17.9 Å². The molecule has 1 aromatic carbocycles. The maximum absolute atomic E-state index is 14.7. The Kier molecular flexibility index (Phi) is 6.16. The number of fused-ring (bicyclic) bond motifs is 1. The molecule has 10 nitrogen and oxygen atoms in total. The van der Waals surface area contributed by atoms with Crippen LogP contribution in [0.15, 0.2) is 52.3 Å². The van der Waals surface area contributed by atoms with Crippen molar-refractivity contribution in [3.8, 4) is 0 Å². The van der Waals surface area contributed by atoms with Gasteiger partial charge in [0.15, 0.2) is 12.0 Å². The molecule has 180 valence electrons. The predicted octanol–water partition coefficient (Wildman–Crippen LogP) is 1.69. The third kappa shape index (κ3) is 4.34.